The van der Waals surface area contributed by atoms with Crippen LogP contribution in [0.3, 0.4) is 0 Å². The van der Waals surface area contributed by atoms with Crippen LogP contribution in [0.4, 0.5) is 10.1 Å². The number of amides is 1. The van der Waals surface area contributed by atoms with Gasteiger partial charge in [0.15, 0.2) is 0 Å². The highest BCUT2D eigenvalue weighted by Crippen LogP contribution is 2.14. The molecule has 0 heterocycles. The summed E-state index contributed by atoms with van der Waals surface area (Å²) in [6.45, 7) is 2.95. The molecule has 0 saturated heterocycles. The lowest BCUT2D eigenvalue weighted by molar-refractivity contribution is -0.131. The first-order valence-corrected chi connectivity index (χ1v) is 7.45. The molecule has 2 aromatic carbocycles. The average Bonchev–Trinajstić information content (AvgIpc) is 2.51. The van der Waals surface area contributed by atoms with Gasteiger partial charge in [-0.2, -0.15) is 0 Å². The van der Waals surface area contributed by atoms with Gasteiger partial charge >= 0.3 is 0 Å². The molecule has 2 rings (SSSR count). The topological polar surface area (TPSA) is 46.3 Å². The van der Waals surface area contributed by atoms with Crippen molar-refractivity contribution in [3.63, 3.8) is 0 Å². The van der Waals surface area contributed by atoms with Crippen LogP contribution in [-0.4, -0.2) is 17.4 Å². The monoisotopic (exact) mass is 300 g/mol. The number of nitrogens with two attached hydrogens (primary N) is 1. The molecule has 0 aliphatic rings. The Labute approximate surface area is 130 Å². The molecule has 116 valence electrons. The van der Waals surface area contributed by atoms with E-state index >= 15 is 0 Å². The molecule has 0 radical (unpaired) electrons. The normalized spacial score (nSPS) is 10.5. The summed E-state index contributed by atoms with van der Waals surface area (Å²) in [5, 5.41) is 0. The van der Waals surface area contributed by atoms with Crippen LogP contribution in [0.5, 0.6) is 0 Å². The molecule has 4 heteroatoms. The first-order valence-electron chi connectivity index (χ1n) is 7.45. The van der Waals surface area contributed by atoms with Crippen molar-refractivity contribution in [2.45, 2.75) is 26.3 Å². The smallest absolute Gasteiger partial charge is 0.223 e. The number of halogens is 1. The summed E-state index contributed by atoms with van der Waals surface area (Å²) in [4.78, 5) is 14.1. The van der Waals surface area contributed by atoms with E-state index in [9.17, 15) is 9.18 Å². The third-order valence-electron chi connectivity index (χ3n) is 3.66. The van der Waals surface area contributed by atoms with Crippen molar-refractivity contribution in [2.75, 3.05) is 12.3 Å². The van der Waals surface area contributed by atoms with E-state index in [1.807, 2.05) is 37.3 Å². The van der Waals surface area contributed by atoms with Gasteiger partial charge in [0.2, 0.25) is 5.91 Å². The minimum Gasteiger partial charge on any atom is -0.399 e. The van der Waals surface area contributed by atoms with Gasteiger partial charge in [-0.15, -0.1) is 0 Å². The van der Waals surface area contributed by atoms with Gasteiger partial charge in [-0.25, -0.2) is 4.39 Å². The second kappa shape index (κ2) is 7.59. The van der Waals surface area contributed by atoms with Crippen molar-refractivity contribution >= 4 is 11.6 Å². The minimum absolute atomic E-state index is 0.0509. The fourth-order valence-corrected chi connectivity index (χ4v) is 2.39. The van der Waals surface area contributed by atoms with Crippen molar-refractivity contribution in [2.24, 2.45) is 0 Å². The Balaban J connectivity index is 1.96. The Hall–Kier alpha value is -2.36. The molecule has 1 amide bonds. The van der Waals surface area contributed by atoms with Crippen LogP contribution in [0.2, 0.25) is 0 Å². The first-order chi connectivity index (χ1) is 10.6. The van der Waals surface area contributed by atoms with E-state index in [0.29, 0.717) is 31.6 Å². The lowest BCUT2D eigenvalue weighted by Gasteiger charge is -2.21. The number of carbonyl (C=O) groups is 1. The van der Waals surface area contributed by atoms with Crippen molar-refractivity contribution in [3.8, 4) is 0 Å². The zero-order chi connectivity index (χ0) is 15.9. The maximum atomic E-state index is 13.2. The standard InChI is InChI=1S/C18H21FN2O/c1-2-21(13-14-6-5-8-16(19)12-14)18(22)11-10-15-7-3-4-9-17(15)20/h3-9,12H,2,10-11,13,20H2,1H3. The molecule has 0 fully saturated rings. The second-order valence-electron chi connectivity index (χ2n) is 5.24. The Bertz CT molecular complexity index is 642. The van der Waals surface area contributed by atoms with Crippen LogP contribution < -0.4 is 5.73 Å². The van der Waals surface area contributed by atoms with E-state index in [4.69, 9.17) is 5.73 Å². The number of anilines is 1. The zero-order valence-corrected chi connectivity index (χ0v) is 12.8. The van der Waals surface area contributed by atoms with Crippen LogP contribution in [0.25, 0.3) is 0 Å². The quantitative estimate of drug-likeness (QED) is 0.831. The first kappa shape index (κ1) is 16.0. The molecule has 3 nitrogen and oxygen atoms in total. The number of benzene rings is 2. The molecule has 0 atom stereocenters. The number of aryl methyl sites for hydroxylation is 1. The van der Waals surface area contributed by atoms with Crippen LogP contribution in [0, 0.1) is 5.82 Å². The van der Waals surface area contributed by atoms with Gasteiger partial charge in [0.25, 0.3) is 0 Å². The summed E-state index contributed by atoms with van der Waals surface area (Å²) in [5.41, 5.74) is 8.38. The van der Waals surface area contributed by atoms with Crippen molar-refractivity contribution in [1.82, 2.24) is 4.90 Å². The van der Waals surface area contributed by atoms with E-state index in [0.717, 1.165) is 11.1 Å². The van der Waals surface area contributed by atoms with Gasteiger partial charge in [-0.1, -0.05) is 30.3 Å². The molecule has 0 bridgehead atoms. The Morgan fingerprint density at radius 3 is 2.64 bits per heavy atom. The second-order valence-corrected chi connectivity index (χ2v) is 5.24. The molecule has 2 aromatic rings. The van der Waals surface area contributed by atoms with Gasteiger partial charge in [0.05, 0.1) is 0 Å². The molecule has 0 saturated carbocycles. The van der Waals surface area contributed by atoms with E-state index < -0.39 is 0 Å². The lowest BCUT2D eigenvalue weighted by Crippen LogP contribution is -2.30. The maximum absolute atomic E-state index is 13.2. The highest BCUT2D eigenvalue weighted by atomic mass is 19.1. The molecule has 0 spiro atoms. The third-order valence-corrected chi connectivity index (χ3v) is 3.66. The molecular formula is C18H21FN2O. The lowest BCUT2D eigenvalue weighted by atomic mass is 10.1. The maximum Gasteiger partial charge on any atom is 0.223 e. The van der Waals surface area contributed by atoms with Crippen LogP contribution >= 0.6 is 0 Å². The number of hydrogen-bond acceptors (Lipinski definition) is 2. The minimum atomic E-state index is -0.280. The highest BCUT2D eigenvalue weighted by Gasteiger charge is 2.13. The summed E-state index contributed by atoms with van der Waals surface area (Å²) in [6.07, 6.45) is 1.02. The van der Waals surface area contributed by atoms with Crippen molar-refractivity contribution in [3.05, 3.63) is 65.5 Å². The molecular weight excluding hydrogens is 279 g/mol. The Kier molecular flexibility index (Phi) is 5.53. The van der Waals surface area contributed by atoms with Crippen LogP contribution in [-0.2, 0) is 17.8 Å². The van der Waals surface area contributed by atoms with Crippen LogP contribution in [0.15, 0.2) is 48.5 Å². The molecule has 0 aromatic heterocycles. The Morgan fingerprint density at radius 1 is 1.18 bits per heavy atom. The molecule has 0 aliphatic heterocycles. The summed E-state index contributed by atoms with van der Waals surface area (Å²) in [6, 6.07) is 13.9. The molecule has 0 unspecified atom stereocenters. The predicted octanol–water partition coefficient (Wildman–Crippen LogP) is 3.39. The predicted molar refractivity (Wildman–Crippen MR) is 86.7 cm³/mol. The van der Waals surface area contributed by atoms with Crippen LogP contribution in [0.1, 0.15) is 24.5 Å². The number of rotatable bonds is 6. The van der Waals surface area contributed by atoms with Gasteiger partial charge in [-0.3, -0.25) is 4.79 Å². The largest absolute Gasteiger partial charge is 0.399 e. The fourth-order valence-electron chi connectivity index (χ4n) is 2.39. The highest BCUT2D eigenvalue weighted by molar-refractivity contribution is 5.76. The summed E-state index contributed by atoms with van der Waals surface area (Å²) in [7, 11) is 0. The third kappa shape index (κ3) is 4.32. The Morgan fingerprint density at radius 2 is 1.95 bits per heavy atom. The van der Waals surface area contributed by atoms with Crippen molar-refractivity contribution in [1.29, 1.82) is 0 Å². The van der Waals surface area contributed by atoms with Gasteiger partial charge in [0.1, 0.15) is 5.82 Å². The number of nitrogen functional groups attached to an aromatic ring is 1. The molecule has 2 N–H and O–H groups in total. The zero-order valence-electron chi connectivity index (χ0n) is 12.8. The van der Waals surface area contributed by atoms with E-state index in [2.05, 4.69) is 0 Å². The van der Waals surface area contributed by atoms with E-state index in [1.165, 1.54) is 12.1 Å². The molecule has 22 heavy (non-hydrogen) atoms. The number of hydrogen-bond donors (Lipinski definition) is 1. The number of carbonyl (C=O) groups excluding carboxylic acids is 1. The number of para-hydroxylation sites is 1. The van der Waals surface area contributed by atoms with E-state index in [-0.39, 0.29) is 11.7 Å². The average molecular weight is 300 g/mol. The summed E-state index contributed by atoms with van der Waals surface area (Å²) in [5.74, 6) is -0.229. The van der Waals surface area contributed by atoms with Gasteiger partial charge < -0.3 is 10.6 Å². The summed E-state index contributed by atoms with van der Waals surface area (Å²) < 4.78 is 13.2. The van der Waals surface area contributed by atoms with Gasteiger partial charge in [0, 0.05) is 25.2 Å². The number of nitrogens with zero attached hydrogens (tertiary/aromatic N) is 1. The SMILES string of the molecule is CCN(Cc1cccc(F)c1)C(=O)CCc1ccccc1N. The summed E-state index contributed by atoms with van der Waals surface area (Å²) >= 11 is 0. The fraction of sp³-hybridized carbons (Fsp3) is 0.278. The molecule has 0 aliphatic carbocycles. The van der Waals surface area contributed by atoms with Gasteiger partial charge in [-0.05, 0) is 42.7 Å². The van der Waals surface area contributed by atoms with Crippen molar-refractivity contribution < 1.29 is 9.18 Å². The van der Waals surface area contributed by atoms with E-state index in [1.54, 1.807) is 11.0 Å².